The van der Waals surface area contributed by atoms with Gasteiger partial charge in [-0.25, -0.2) is 0 Å². The number of aryl methyl sites for hydroxylation is 1. The summed E-state index contributed by atoms with van der Waals surface area (Å²) in [7, 11) is 0. The van der Waals surface area contributed by atoms with Crippen LogP contribution in [0.1, 0.15) is 17.2 Å². The number of benzene rings is 2. The maximum atomic E-state index is 12.7. The van der Waals surface area contributed by atoms with Gasteiger partial charge in [-0.1, -0.05) is 42.0 Å². The van der Waals surface area contributed by atoms with E-state index in [1.807, 2.05) is 60.4 Å². The number of nitrogens with two attached hydrogens (primary N) is 1. The summed E-state index contributed by atoms with van der Waals surface area (Å²) in [5, 5.41) is 0. The van der Waals surface area contributed by atoms with Crippen molar-refractivity contribution in [3.63, 3.8) is 0 Å². The first kappa shape index (κ1) is 22.0. The van der Waals surface area contributed by atoms with Crippen molar-refractivity contribution in [2.75, 3.05) is 31.1 Å². The summed E-state index contributed by atoms with van der Waals surface area (Å²) in [6, 6.07) is 15.5. The highest BCUT2D eigenvalue weighted by Gasteiger charge is 2.27. The molecule has 1 amide bonds. The predicted octanol–water partition coefficient (Wildman–Crippen LogP) is 3.33. The maximum Gasteiger partial charge on any atom is 0.298 e. The number of aromatic nitrogens is 1. The lowest BCUT2D eigenvalue weighted by Gasteiger charge is -2.35. The minimum atomic E-state index is -0.619. The minimum absolute atomic E-state index is 0. The Labute approximate surface area is 176 Å². The monoisotopic (exact) mass is 422 g/mol. The van der Waals surface area contributed by atoms with Crippen molar-refractivity contribution in [3.05, 3.63) is 59.7 Å². The lowest BCUT2D eigenvalue weighted by molar-refractivity contribution is -0.133. The molecule has 1 unspecified atom stereocenters. The molecule has 150 valence electrons. The van der Waals surface area contributed by atoms with Gasteiger partial charge in [-0.05, 0) is 24.6 Å². The molecule has 2 heterocycles. The van der Waals surface area contributed by atoms with Crippen LogP contribution in [0.3, 0.4) is 0 Å². The van der Waals surface area contributed by atoms with Gasteiger partial charge in [-0.15, -0.1) is 24.8 Å². The van der Waals surface area contributed by atoms with Gasteiger partial charge in [0.1, 0.15) is 11.6 Å². The van der Waals surface area contributed by atoms with Crippen molar-refractivity contribution in [3.8, 4) is 0 Å². The molecular weight excluding hydrogens is 399 g/mol. The number of oxazole rings is 1. The summed E-state index contributed by atoms with van der Waals surface area (Å²) in [6.07, 6.45) is 0. The van der Waals surface area contributed by atoms with Crippen molar-refractivity contribution >= 4 is 47.8 Å². The Morgan fingerprint density at radius 1 is 1.04 bits per heavy atom. The second-order valence-corrected chi connectivity index (χ2v) is 6.66. The summed E-state index contributed by atoms with van der Waals surface area (Å²) >= 11 is 0. The molecule has 3 aromatic rings. The van der Waals surface area contributed by atoms with Gasteiger partial charge in [0.15, 0.2) is 5.58 Å². The molecule has 28 heavy (non-hydrogen) atoms. The summed E-state index contributed by atoms with van der Waals surface area (Å²) in [5.74, 6) is -0.0360. The van der Waals surface area contributed by atoms with Gasteiger partial charge in [0.25, 0.3) is 6.01 Å². The number of amides is 1. The van der Waals surface area contributed by atoms with E-state index >= 15 is 0 Å². The van der Waals surface area contributed by atoms with Crippen LogP contribution in [0.5, 0.6) is 0 Å². The molecule has 2 N–H and O–H groups in total. The molecule has 0 saturated carbocycles. The average Bonchev–Trinajstić information content (AvgIpc) is 3.12. The molecule has 1 fully saturated rings. The first-order valence-corrected chi connectivity index (χ1v) is 8.83. The van der Waals surface area contributed by atoms with Crippen LogP contribution in [0.15, 0.2) is 52.9 Å². The summed E-state index contributed by atoms with van der Waals surface area (Å²) in [6.45, 7) is 4.59. The van der Waals surface area contributed by atoms with Crippen LogP contribution in [0, 0.1) is 6.92 Å². The van der Waals surface area contributed by atoms with Crippen LogP contribution >= 0.6 is 24.8 Å². The molecule has 1 aromatic heterocycles. The highest BCUT2D eigenvalue weighted by Crippen LogP contribution is 2.23. The number of anilines is 1. The van der Waals surface area contributed by atoms with Crippen molar-refractivity contribution in [2.24, 2.45) is 5.73 Å². The number of carbonyl (C=O) groups is 1. The predicted molar refractivity (Wildman–Crippen MR) is 115 cm³/mol. The molecule has 6 nitrogen and oxygen atoms in total. The Bertz CT molecular complexity index is 888. The van der Waals surface area contributed by atoms with Crippen LogP contribution in [0.25, 0.3) is 11.1 Å². The third-order valence-corrected chi connectivity index (χ3v) is 4.85. The molecule has 0 spiro atoms. The standard InChI is InChI=1S/C20H22N4O2.2ClH/c1-14-6-8-15(9-7-14)18(21)19(25)23-10-12-24(13-11-23)20-22-16-4-2-3-5-17(16)26-20;;/h2-9,18H,10-13,21H2,1H3;2*1H. The Morgan fingerprint density at radius 2 is 1.68 bits per heavy atom. The first-order valence-electron chi connectivity index (χ1n) is 8.83. The zero-order chi connectivity index (χ0) is 18.1. The molecule has 1 saturated heterocycles. The number of rotatable bonds is 3. The van der Waals surface area contributed by atoms with Crippen LogP contribution in [0.2, 0.25) is 0 Å². The third-order valence-electron chi connectivity index (χ3n) is 4.85. The van der Waals surface area contributed by atoms with E-state index < -0.39 is 6.04 Å². The van der Waals surface area contributed by atoms with Crippen molar-refractivity contribution < 1.29 is 9.21 Å². The molecule has 0 radical (unpaired) electrons. The van der Waals surface area contributed by atoms with Gasteiger partial charge < -0.3 is 20.0 Å². The van der Waals surface area contributed by atoms with Gasteiger partial charge in [0.2, 0.25) is 5.91 Å². The van der Waals surface area contributed by atoms with Crippen LogP contribution in [0.4, 0.5) is 6.01 Å². The van der Waals surface area contributed by atoms with E-state index in [2.05, 4.69) is 9.88 Å². The topological polar surface area (TPSA) is 75.6 Å². The lowest BCUT2D eigenvalue weighted by atomic mass is 10.0. The van der Waals surface area contributed by atoms with E-state index in [9.17, 15) is 4.79 Å². The number of nitrogens with zero attached hydrogens (tertiary/aromatic N) is 3. The minimum Gasteiger partial charge on any atom is -0.423 e. The molecule has 4 rings (SSSR count). The molecule has 0 bridgehead atoms. The number of halogens is 2. The zero-order valence-electron chi connectivity index (χ0n) is 15.6. The fourth-order valence-corrected chi connectivity index (χ4v) is 3.23. The van der Waals surface area contributed by atoms with Gasteiger partial charge in [0, 0.05) is 26.2 Å². The molecule has 1 aliphatic rings. The molecule has 2 aromatic carbocycles. The van der Waals surface area contributed by atoms with Gasteiger partial charge >= 0.3 is 0 Å². The quantitative estimate of drug-likeness (QED) is 0.700. The van der Waals surface area contributed by atoms with Gasteiger partial charge in [0.05, 0.1) is 0 Å². The molecular formula is C20H24Cl2N4O2. The molecule has 0 aliphatic carbocycles. The number of hydrogen-bond acceptors (Lipinski definition) is 5. The van der Waals surface area contributed by atoms with Crippen LogP contribution in [-0.4, -0.2) is 42.0 Å². The number of carbonyl (C=O) groups excluding carboxylic acids is 1. The van der Waals surface area contributed by atoms with E-state index in [4.69, 9.17) is 10.2 Å². The van der Waals surface area contributed by atoms with E-state index in [0.29, 0.717) is 32.2 Å². The van der Waals surface area contributed by atoms with Crippen molar-refractivity contribution in [1.82, 2.24) is 9.88 Å². The average molecular weight is 423 g/mol. The Hall–Kier alpha value is -2.28. The second kappa shape index (κ2) is 9.28. The maximum absolute atomic E-state index is 12.7. The van der Waals surface area contributed by atoms with Gasteiger partial charge in [-0.2, -0.15) is 4.98 Å². The molecule has 8 heteroatoms. The summed E-state index contributed by atoms with van der Waals surface area (Å²) in [4.78, 5) is 21.1. The first-order chi connectivity index (χ1) is 12.6. The zero-order valence-corrected chi connectivity index (χ0v) is 17.2. The smallest absolute Gasteiger partial charge is 0.298 e. The van der Waals surface area contributed by atoms with Gasteiger partial charge in [-0.3, -0.25) is 4.79 Å². The Morgan fingerprint density at radius 3 is 2.32 bits per heavy atom. The Balaban J connectivity index is 0.00000140. The normalized spacial score (nSPS) is 14.9. The van der Waals surface area contributed by atoms with Crippen LogP contribution in [-0.2, 0) is 4.79 Å². The highest BCUT2D eigenvalue weighted by molar-refractivity contribution is 5.85. The fraction of sp³-hybridized carbons (Fsp3) is 0.300. The van der Waals surface area contributed by atoms with Crippen molar-refractivity contribution in [2.45, 2.75) is 13.0 Å². The van der Waals surface area contributed by atoms with E-state index in [0.717, 1.165) is 22.2 Å². The van der Waals surface area contributed by atoms with E-state index in [1.165, 1.54) is 0 Å². The fourth-order valence-electron chi connectivity index (χ4n) is 3.23. The molecule has 1 aliphatic heterocycles. The summed E-state index contributed by atoms with van der Waals surface area (Å²) < 4.78 is 5.82. The number of piperazine rings is 1. The number of fused-ring (bicyclic) bond motifs is 1. The van der Waals surface area contributed by atoms with E-state index in [1.54, 1.807) is 0 Å². The van der Waals surface area contributed by atoms with Crippen LogP contribution < -0.4 is 10.6 Å². The SMILES string of the molecule is Cc1ccc(C(N)C(=O)N2CCN(c3nc4ccccc4o3)CC2)cc1.Cl.Cl. The van der Waals surface area contributed by atoms with E-state index in [-0.39, 0.29) is 30.7 Å². The largest absolute Gasteiger partial charge is 0.423 e. The number of para-hydroxylation sites is 2. The summed E-state index contributed by atoms with van der Waals surface area (Å²) in [5.41, 5.74) is 9.81. The lowest BCUT2D eigenvalue weighted by Crippen LogP contribution is -2.51. The molecule has 1 atom stereocenters. The Kier molecular flexibility index (Phi) is 7.29. The van der Waals surface area contributed by atoms with Crippen molar-refractivity contribution in [1.29, 1.82) is 0 Å². The number of hydrogen-bond donors (Lipinski definition) is 1. The highest BCUT2D eigenvalue weighted by atomic mass is 35.5. The second-order valence-electron chi connectivity index (χ2n) is 6.66. The third kappa shape index (κ3) is 4.41.